The Morgan fingerprint density at radius 2 is 1.59 bits per heavy atom. The zero-order valence-corrected chi connectivity index (χ0v) is 20.5. The molecule has 2 N–H and O–H groups in total. The summed E-state index contributed by atoms with van der Waals surface area (Å²) >= 11 is 1.38. The second-order valence-corrected chi connectivity index (χ2v) is 9.80. The molecule has 2 heterocycles. The predicted octanol–water partition coefficient (Wildman–Crippen LogP) is 3.97. The zero-order chi connectivity index (χ0) is 23.8. The number of ether oxygens (including phenoxy) is 4. The molecule has 1 aliphatic heterocycles. The molecule has 9 heteroatoms. The second kappa shape index (κ2) is 8.63. The van der Waals surface area contributed by atoms with Gasteiger partial charge >= 0.3 is 5.97 Å². The van der Waals surface area contributed by atoms with Crippen molar-refractivity contribution >= 4 is 28.2 Å². The van der Waals surface area contributed by atoms with Crippen LogP contribution in [0, 0.1) is 0 Å². The summed E-state index contributed by atoms with van der Waals surface area (Å²) < 4.78 is 21.1. The number of anilines is 1. The molecule has 0 atom stereocenters. The molecule has 3 rings (SSSR count). The summed E-state index contributed by atoms with van der Waals surface area (Å²) in [7, 11) is 5.81. The molecule has 32 heavy (non-hydrogen) atoms. The minimum absolute atomic E-state index is 0.224. The number of nitrogens with one attached hydrogen (secondary N) is 2. The van der Waals surface area contributed by atoms with Crippen LogP contribution in [0.1, 0.15) is 58.9 Å². The van der Waals surface area contributed by atoms with Crippen LogP contribution in [0.2, 0.25) is 0 Å². The molecule has 0 aliphatic carbocycles. The van der Waals surface area contributed by atoms with E-state index in [0.717, 1.165) is 10.4 Å². The molecule has 0 saturated carbocycles. The van der Waals surface area contributed by atoms with Crippen molar-refractivity contribution in [2.24, 2.45) is 0 Å². The molecule has 8 nitrogen and oxygen atoms in total. The predicted molar refractivity (Wildman–Crippen MR) is 124 cm³/mol. The van der Waals surface area contributed by atoms with Crippen molar-refractivity contribution in [1.82, 2.24) is 5.32 Å². The third-order valence-electron chi connectivity index (χ3n) is 5.39. The number of carbonyl (C=O) groups is 2. The van der Waals surface area contributed by atoms with Crippen LogP contribution in [0.5, 0.6) is 17.2 Å². The van der Waals surface area contributed by atoms with E-state index < -0.39 is 11.9 Å². The van der Waals surface area contributed by atoms with Gasteiger partial charge in [-0.2, -0.15) is 0 Å². The van der Waals surface area contributed by atoms with Gasteiger partial charge in [-0.25, -0.2) is 4.79 Å². The van der Waals surface area contributed by atoms with Gasteiger partial charge in [0, 0.05) is 21.5 Å². The van der Waals surface area contributed by atoms with Crippen LogP contribution in [0.25, 0.3) is 0 Å². The number of hydrogen-bond donors (Lipinski definition) is 2. The Morgan fingerprint density at radius 1 is 1.00 bits per heavy atom. The molecular weight excluding hydrogens is 432 g/mol. The fourth-order valence-corrected chi connectivity index (χ4v) is 5.58. The number of amides is 1. The fraction of sp³-hybridized carbons (Fsp3) is 0.478. The minimum Gasteiger partial charge on any atom is -0.493 e. The Hall–Kier alpha value is -2.78. The molecule has 174 valence electrons. The normalized spacial score (nSPS) is 16.0. The van der Waals surface area contributed by atoms with E-state index in [1.807, 2.05) is 0 Å². The quantitative estimate of drug-likeness (QED) is 0.627. The lowest BCUT2D eigenvalue weighted by molar-refractivity contribution is 0.0600. The number of benzene rings is 1. The molecule has 0 radical (unpaired) electrons. The Labute approximate surface area is 192 Å². The number of rotatable bonds is 6. The summed E-state index contributed by atoms with van der Waals surface area (Å²) in [6, 6.07) is 3.13. The summed E-state index contributed by atoms with van der Waals surface area (Å²) in [4.78, 5) is 26.9. The molecule has 0 bridgehead atoms. The Bertz CT molecular complexity index is 1030. The number of thiophene rings is 1. The van der Waals surface area contributed by atoms with Crippen LogP contribution < -0.4 is 24.8 Å². The van der Waals surface area contributed by atoms with Crippen LogP contribution in [0.4, 0.5) is 5.00 Å². The number of carbonyl (C=O) groups excluding carboxylic acids is 2. The van der Waals surface area contributed by atoms with Gasteiger partial charge in [0.05, 0.1) is 34.0 Å². The summed E-state index contributed by atoms with van der Waals surface area (Å²) in [6.45, 7) is 8.30. The van der Waals surface area contributed by atoms with Gasteiger partial charge in [-0.3, -0.25) is 4.79 Å². The van der Waals surface area contributed by atoms with E-state index in [-0.39, 0.29) is 11.1 Å². The molecule has 0 fully saturated rings. The van der Waals surface area contributed by atoms with E-state index in [2.05, 4.69) is 38.3 Å². The third kappa shape index (κ3) is 4.27. The Kier molecular flexibility index (Phi) is 6.44. The smallest absolute Gasteiger partial charge is 0.341 e. The number of fused-ring (bicyclic) bond motifs is 1. The summed E-state index contributed by atoms with van der Waals surface area (Å²) in [5.41, 5.74) is 1.00. The number of hydrogen-bond acceptors (Lipinski definition) is 8. The number of esters is 1. The van der Waals surface area contributed by atoms with Crippen molar-refractivity contribution in [1.29, 1.82) is 0 Å². The van der Waals surface area contributed by atoms with Crippen LogP contribution in [0.3, 0.4) is 0 Å². The van der Waals surface area contributed by atoms with Crippen LogP contribution >= 0.6 is 11.3 Å². The average Bonchev–Trinajstić information content (AvgIpc) is 3.08. The Balaban J connectivity index is 2.08. The van der Waals surface area contributed by atoms with Gasteiger partial charge in [-0.15, -0.1) is 11.3 Å². The first-order valence-corrected chi connectivity index (χ1v) is 10.9. The lowest BCUT2D eigenvalue weighted by Crippen LogP contribution is -2.55. The van der Waals surface area contributed by atoms with E-state index in [0.29, 0.717) is 39.8 Å². The van der Waals surface area contributed by atoms with Gasteiger partial charge in [-0.05, 0) is 51.8 Å². The number of methoxy groups -OCH3 is 4. The maximum absolute atomic E-state index is 13.2. The molecule has 1 aromatic heterocycles. The largest absolute Gasteiger partial charge is 0.493 e. The molecule has 1 aromatic carbocycles. The first kappa shape index (κ1) is 23.9. The topological polar surface area (TPSA) is 95.1 Å². The molecule has 1 amide bonds. The van der Waals surface area contributed by atoms with Crippen molar-refractivity contribution in [2.75, 3.05) is 33.8 Å². The van der Waals surface area contributed by atoms with E-state index in [1.165, 1.54) is 39.8 Å². The van der Waals surface area contributed by atoms with Crippen molar-refractivity contribution in [3.8, 4) is 17.2 Å². The molecule has 0 unspecified atom stereocenters. The average molecular weight is 463 g/mol. The first-order chi connectivity index (χ1) is 15.0. The molecule has 1 aliphatic rings. The van der Waals surface area contributed by atoms with Crippen molar-refractivity contribution < 1.29 is 28.5 Å². The molecule has 0 spiro atoms. The standard InChI is InChI=1S/C23H30N2O6S/c1-22(2)11-13-16(21(27)31-8)20(32-18(13)23(3,4)25-22)24-19(26)12-9-14(28-5)17(30-7)15(10-12)29-6/h9-10,25H,11H2,1-8H3,(H,24,26). The minimum atomic E-state index is -0.476. The highest BCUT2D eigenvalue weighted by Gasteiger charge is 2.42. The first-order valence-electron chi connectivity index (χ1n) is 10.1. The highest BCUT2D eigenvalue weighted by Crippen LogP contribution is 2.45. The maximum atomic E-state index is 13.2. The van der Waals surface area contributed by atoms with Crippen molar-refractivity contribution in [2.45, 2.75) is 45.2 Å². The van der Waals surface area contributed by atoms with Crippen LogP contribution in [-0.4, -0.2) is 45.9 Å². The van der Waals surface area contributed by atoms with E-state index >= 15 is 0 Å². The van der Waals surface area contributed by atoms with Crippen LogP contribution in [0.15, 0.2) is 12.1 Å². The van der Waals surface area contributed by atoms with E-state index in [1.54, 1.807) is 12.1 Å². The monoisotopic (exact) mass is 462 g/mol. The lowest BCUT2D eigenvalue weighted by Gasteiger charge is -2.42. The highest BCUT2D eigenvalue weighted by atomic mass is 32.1. The molecular formula is C23H30N2O6S. The Morgan fingerprint density at radius 3 is 2.09 bits per heavy atom. The van der Waals surface area contributed by atoms with Gasteiger partial charge in [-0.1, -0.05) is 0 Å². The van der Waals surface area contributed by atoms with Gasteiger partial charge < -0.3 is 29.6 Å². The maximum Gasteiger partial charge on any atom is 0.341 e. The van der Waals surface area contributed by atoms with Gasteiger partial charge in [0.1, 0.15) is 5.00 Å². The van der Waals surface area contributed by atoms with Gasteiger partial charge in [0.15, 0.2) is 11.5 Å². The lowest BCUT2D eigenvalue weighted by atomic mass is 9.81. The molecule has 0 saturated heterocycles. The zero-order valence-electron chi connectivity index (χ0n) is 19.7. The van der Waals surface area contributed by atoms with Gasteiger partial charge in [0.25, 0.3) is 5.91 Å². The van der Waals surface area contributed by atoms with Crippen molar-refractivity contribution in [3.63, 3.8) is 0 Å². The second-order valence-electron chi connectivity index (χ2n) is 8.78. The fourth-order valence-electron chi connectivity index (χ4n) is 4.32. The van der Waals surface area contributed by atoms with Gasteiger partial charge in [0.2, 0.25) is 5.75 Å². The summed E-state index contributed by atoms with van der Waals surface area (Å²) in [5.74, 6) is 0.239. The van der Waals surface area contributed by atoms with E-state index in [9.17, 15) is 9.59 Å². The SMILES string of the molecule is COC(=O)c1c(NC(=O)c2cc(OC)c(OC)c(OC)c2)sc2c1CC(C)(C)NC2(C)C. The summed E-state index contributed by atoms with van der Waals surface area (Å²) in [6.07, 6.45) is 0.632. The molecule has 2 aromatic rings. The van der Waals surface area contributed by atoms with Crippen LogP contribution in [-0.2, 0) is 16.7 Å². The van der Waals surface area contributed by atoms with E-state index in [4.69, 9.17) is 18.9 Å². The summed E-state index contributed by atoms with van der Waals surface area (Å²) in [5, 5.41) is 6.97. The third-order valence-corrected chi connectivity index (χ3v) is 6.86. The highest BCUT2D eigenvalue weighted by molar-refractivity contribution is 7.17. The van der Waals surface area contributed by atoms with Crippen molar-refractivity contribution in [3.05, 3.63) is 33.7 Å².